The summed E-state index contributed by atoms with van der Waals surface area (Å²) in [4.78, 5) is 0. The predicted octanol–water partition coefficient (Wildman–Crippen LogP) is 0.454. The number of nitrogens with zero attached hydrogens (tertiary/aromatic N) is 1. The van der Waals surface area contributed by atoms with Gasteiger partial charge < -0.3 is 0 Å². The van der Waals surface area contributed by atoms with Crippen LogP contribution in [0.4, 0.5) is 0 Å². The van der Waals surface area contributed by atoms with Gasteiger partial charge in [-0.05, 0) is 12.8 Å². The largest absolute Gasteiger partial charge is 0.276 e. The van der Waals surface area contributed by atoms with Crippen molar-refractivity contribution in [3.8, 4) is 0 Å². The zero-order valence-electron chi connectivity index (χ0n) is 7.36. The van der Waals surface area contributed by atoms with Gasteiger partial charge in [0, 0.05) is 13.1 Å². The molecule has 0 bridgehead atoms. The molecule has 4 nitrogen and oxygen atoms in total. The van der Waals surface area contributed by atoms with Crippen molar-refractivity contribution >= 4 is 10.2 Å². The van der Waals surface area contributed by atoms with Crippen LogP contribution in [-0.2, 0) is 10.2 Å². The first-order chi connectivity index (χ1) is 5.52. The van der Waals surface area contributed by atoms with Crippen LogP contribution in [0.3, 0.4) is 0 Å². The second kappa shape index (κ2) is 3.72. The van der Waals surface area contributed by atoms with Crippen LogP contribution < -0.4 is 5.14 Å². The van der Waals surface area contributed by atoms with Gasteiger partial charge in [0.15, 0.2) is 0 Å². The maximum atomic E-state index is 10.9. The monoisotopic (exact) mass is 192 g/mol. The molecule has 0 aromatic heterocycles. The van der Waals surface area contributed by atoms with Gasteiger partial charge in [-0.15, -0.1) is 0 Å². The Bertz CT molecular complexity index is 232. The summed E-state index contributed by atoms with van der Waals surface area (Å²) in [6.45, 7) is 0. The van der Waals surface area contributed by atoms with Gasteiger partial charge in [-0.2, -0.15) is 12.7 Å². The molecular weight excluding hydrogens is 176 g/mol. The molecule has 72 valence electrons. The lowest BCUT2D eigenvalue weighted by Gasteiger charge is -2.28. The summed E-state index contributed by atoms with van der Waals surface area (Å²) < 4.78 is 23.2. The number of hydrogen-bond donors (Lipinski definition) is 1. The predicted molar refractivity (Wildman–Crippen MR) is 47.7 cm³/mol. The zero-order valence-corrected chi connectivity index (χ0v) is 8.18. The van der Waals surface area contributed by atoms with Gasteiger partial charge in [0.25, 0.3) is 10.2 Å². The summed E-state index contributed by atoms with van der Waals surface area (Å²) in [6.07, 6.45) is 5.35. The van der Waals surface area contributed by atoms with E-state index >= 15 is 0 Å². The van der Waals surface area contributed by atoms with E-state index in [0.29, 0.717) is 0 Å². The van der Waals surface area contributed by atoms with E-state index in [9.17, 15) is 8.42 Å². The Labute approximate surface area is 73.9 Å². The average molecular weight is 192 g/mol. The van der Waals surface area contributed by atoms with Crippen molar-refractivity contribution in [3.63, 3.8) is 0 Å². The fourth-order valence-electron chi connectivity index (χ4n) is 1.65. The van der Waals surface area contributed by atoms with Crippen molar-refractivity contribution in [3.05, 3.63) is 0 Å². The van der Waals surface area contributed by atoms with E-state index in [-0.39, 0.29) is 6.04 Å². The molecule has 0 spiro atoms. The van der Waals surface area contributed by atoms with Crippen LogP contribution in [0.25, 0.3) is 0 Å². The van der Waals surface area contributed by atoms with Crippen LogP contribution in [0.15, 0.2) is 0 Å². The van der Waals surface area contributed by atoms with Crippen molar-refractivity contribution < 1.29 is 8.42 Å². The standard InChI is InChI=1S/C7H16N2O2S/c1-9(12(8,10)11)7-5-3-2-4-6-7/h7H,2-6H2,1H3,(H2,8,10,11). The Morgan fingerprint density at radius 1 is 1.25 bits per heavy atom. The first kappa shape index (κ1) is 9.95. The minimum absolute atomic E-state index is 0.133. The van der Waals surface area contributed by atoms with Crippen LogP contribution in [0.2, 0.25) is 0 Å². The first-order valence-corrected chi connectivity index (χ1v) is 5.78. The molecule has 0 atom stereocenters. The maximum Gasteiger partial charge on any atom is 0.276 e. The average Bonchev–Trinajstić information content (AvgIpc) is 2.03. The Balaban J connectivity index is 2.57. The van der Waals surface area contributed by atoms with Crippen molar-refractivity contribution in [1.82, 2.24) is 4.31 Å². The highest BCUT2D eigenvalue weighted by Crippen LogP contribution is 2.22. The molecule has 0 heterocycles. The van der Waals surface area contributed by atoms with Crippen molar-refractivity contribution in [2.45, 2.75) is 38.1 Å². The van der Waals surface area contributed by atoms with Gasteiger partial charge in [-0.3, -0.25) is 0 Å². The van der Waals surface area contributed by atoms with Crippen molar-refractivity contribution in [1.29, 1.82) is 0 Å². The third kappa shape index (κ3) is 2.43. The lowest BCUT2D eigenvalue weighted by Crippen LogP contribution is -2.42. The Kier molecular flexibility index (Phi) is 3.09. The van der Waals surface area contributed by atoms with Gasteiger partial charge in [-0.25, -0.2) is 5.14 Å². The normalized spacial score (nSPS) is 21.6. The minimum atomic E-state index is -3.47. The molecule has 12 heavy (non-hydrogen) atoms. The van der Waals surface area contributed by atoms with E-state index in [2.05, 4.69) is 0 Å². The molecular formula is C7H16N2O2S. The molecule has 1 saturated carbocycles. The highest BCUT2D eigenvalue weighted by Gasteiger charge is 2.24. The second-order valence-corrected chi connectivity index (χ2v) is 4.96. The molecule has 1 fully saturated rings. The fourth-order valence-corrected chi connectivity index (χ4v) is 2.28. The molecule has 0 amide bonds. The van der Waals surface area contributed by atoms with Gasteiger partial charge >= 0.3 is 0 Å². The van der Waals surface area contributed by atoms with E-state index in [1.54, 1.807) is 7.05 Å². The summed E-state index contributed by atoms with van der Waals surface area (Å²) >= 11 is 0. The Morgan fingerprint density at radius 2 is 1.75 bits per heavy atom. The first-order valence-electron chi connectivity index (χ1n) is 4.27. The Hall–Kier alpha value is -0.130. The molecule has 5 heteroatoms. The number of nitrogens with two attached hydrogens (primary N) is 1. The quantitative estimate of drug-likeness (QED) is 0.690. The van der Waals surface area contributed by atoms with E-state index in [0.717, 1.165) is 25.7 Å². The van der Waals surface area contributed by atoms with Crippen LogP contribution in [0.5, 0.6) is 0 Å². The van der Waals surface area contributed by atoms with Crippen molar-refractivity contribution in [2.75, 3.05) is 7.05 Å². The van der Waals surface area contributed by atoms with E-state index in [1.165, 1.54) is 10.7 Å². The summed E-state index contributed by atoms with van der Waals surface area (Å²) in [6, 6.07) is 0.133. The molecule has 0 aromatic carbocycles. The lowest BCUT2D eigenvalue weighted by molar-refractivity contribution is 0.286. The summed E-state index contributed by atoms with van der Waals surface area (Å²) in [5.74, 6) is 0. The minimum Gasteiger partial charge on any atom is -0.216 e. The van der Waals surface area contributed by atoms with Gasteiger partial charge in [0.05, 0.1) is 0 Å². The third-order valence-electron chi connectivity index (χ3n) is 2.49. The van der Waals surface area contributed by atoms with Crippen LogP contribution >= 0.6 is 0 Å². The number of rotatable bonds is 2. The molecule has 0 saturated heterocycles. The Morgan fingerprint density at radius 3 is 2.17 bits per heavy atom. The summed E-state index contributed by atoms with van der Waals surface area (Å²) in [7, 11) is -1.91. The SMILES string of the molecule is CN(C1CCCCC1)S(N)(=O)=O. The summed E-state index contributed by atoms with van der Waals surface area (Å²) in [5.41, 5.74) is 0. The number of hydrogen-bond acceptors (Lipinski definition) is 2. The molecule has 0 aromatic rings. The van der Waals surface area contributed by atoms with Gasteiger partial charge in [0.2, 0.25) is 0 Å². The van der Waals surface area contributed by atoms with Gasteiger partial charge in [-0.1, -0.05) is 19.3 Å². The topological polar surface area (TPSA) is 63.4 Å². The van der Waals surface area contributed by atoms with Crippen LogP contribution in [0.1, 0.15) is 32.1 Å². The zero-order chi connectivity index (χ0) is 9.19. The smallest absolute Gasteiger partial charge is 0.216 e. The molecule has 1 rings (SSSR count). The lowest BCUT2D eigenvalue weighted by atomic mass is 9.96. The molecule has 1 aliphatic rings. The van der Waals surface area contributed by atoms with Crippen molar-refractivity contribution in [2.24, 2.45) is 5.14 Å². The second-order valence-electron chi connectivity index (χ2n) is 3.35. The maximum absolute atomic E-state index is 10.9. The highest BCUT2D eigenvalue weighted by molar-refractivity contribution is 7.86. The molecule has 1 aliphatic carbocycles. The third-order valence-corrected chi connectivity index (χ3v) is 3.59. The van der Waals surface area contributed by atoms with E-state index in [4.69, 9.17) is 5.14 Å². The summed E-state index contributed by atoms with van der Waals surface area (Å²) in [5, 5.41) is 5.01. The van der Waals surface area contributed by atoms with Crippen LogP contribution in [0, 0.1) is 0 Å². The van der Waals surface area contributed by atoms with Crippen LogP contribution in [-0.4, -0.2) is 25.8 Å². The molecule has 0 radical (unpaired) electrons. The van der Waals surface area contributed by atoms with E-state index in [1.807, 2.05) is 0 Å². The van der Waals surface area contributed by atoms with Gasteiger partial charge in [0.1, 0.15) is 0 Å². The van der Waals surface area contributed by atoms with E-state index < -0.39 is 10.2 Å². The fraction of sp³-hybridized carbons (Fsp3) is 1.00. The molecule has 2 N–H and O–H groups in total. The highest BCUT2D eigenvalue weighted by atomic mass is 32.2. The molecule has 0 unspecified atom stereocenters. The molecule has 0 aliphatic heterocycles.